The van der Waals surface area contributed by atoms with Crippen molar-refractivity contribution in [2.45, 2.75) is 31.5 Å². The number of hydrogen-bond acceptors (Lipinski definition) is 6. The van der Waals surface area contributed by atoms with Crippen LogP contribution in [0.1, 0.15) is 31.1 Å². The Morgan fingerprint density at radius 2 is 1.94 bits per heavy atom. The highest BCUT2D eigenvalue weighted by Gasteiger charge is 2.18. The molecule has 7 nitrogen and oxygen atoms in total. The molecule has 4 rings (SSSR count). The molecule has 0 bridgehead atoms. The average Bonchev–Trinajstić information content (AvgIpc) is 3.43. The van der Waals surface area contributed by atoms with E-state index in [4.69, 9.17) is 4.42 Å². The highest BCUT2D eigenvalue weighted by atomic mass is 32.2. The highest BCUT2D eigenvalue weighted by Crippen LogP contribution is 2.26. The van der Waals surface area contributed by atoms with Crippen molar-refractivity contribution in [3.63, 3.8) is 0 Å². The van der Waals surface area contributed by atoms with Gasteiger partial charge in [0.15, 0.2) is 11.0 Å². The number of aromatic nitrogens is 4. The van der Waals surface area contributed by atoms with Gasteiger partial charge >= 0.3 is 0 Å². The Kier molecular flexibility index (Phi) is 6.47. The monoisotopic (exact) mass is 433 g/mol. The van der Waals surface area contributed by atoms with Gasteiger partial charge in [0.25, 0.3) is 0 Å². The minimum atomic E-state index is -0.0926. The molecule has 0 aliphatic carbocycles. The number of rotatable bonds is 8. The highest BCUT2D eigenvalue weighted by molar-refractivity contribution is 7.99. The van der Waals surface area contributed by atoms with Gasteiger partial charge in [0.2, 0.25) is 5.91 Å². The van der Waals surface area contributed by atoms with E-state index in [1.54, 1.807) is 12.5 Å². The number of para-hydroxylation sites is 1. The van der Waals surface area contributed by atoms with E-state index in [2.05, 4.69) is 34.3 Å². The molecule has 4 aromatic rings. The van der Waals surface area contributed by atoms with Crippen LogP contribution in [0, 0.1) is 0 Å². The van der Waals surface area contributed by atoms with Crippen LogP contribution in [0.2, 0.25) is 0 Å². The standard InChI is InChI=1S/C23H23N5O2S/c1-16(2)18-9-3-4-10-19(18)25-21(29)15-31-23-27-26-22(20-11-5-6-12-24-20)28(23)14-17-8-7-13-30-17/h3-13,16H,14-15H2,1-2H3,(H,25,29). The lowest BCUT2D eigenvalue weighted by molar-refractivity contribution is -0.113. The molecule has 1 N–H and O–H groups in total. The molecule has 0 saturated heterocycles. The van der Waals surface area contributed by atoms with Crippen LogP contribution >= 0.6 is 11.8 Å². The van der Waals surface area contributed by atoms with E-state index in [-0.39, 0.29) is 11.7 Å². The van der Waals surface area contributed by atoms with Gasteiger partial charge in [0, 0.05) is 11.9 Å². The summed E-state index contributed by atoms with van der Waals surface area (Å²) in [6, 6.07) is 17.2. The zero-order chi connectivity index (χ0) is 21.6. The van der Waals surface area contributed by atoms with Gasteiger partial charge in [-0.1, -0.05) is 49.9 Å². The Hall–Kier alpha value is -3.39. The number of anilines is 1. The van der Waals surface area contributed by atoms with E-state index < -0.39 is 0 Å². The molecule has 0 fully saturated rings. The van der Waals surface area contributed by atoms with Gasteiger partial charge in [-0.3, -0.25) is 14.3 Å². The van der Waals surface area contributed by atoms with E-state index in [1.807, 2.05) is 59.2 Å². The Morgan fingerprint density at radius 1 is 1.10 bits per heavy atom. The fourth-order valence-corrected chi connectivity index (χ4v) is 3.95. The number of furan rings is 1. The topological polar surface area (TPSA) is 85.8 Å². The summed E-state index contributed by atoms with van der Waals surface area (Å²) in [6.07, 6.45) is 3.35. The van der Waals surface area contributed by atoms with Crippen LogP contribution in [0.3, 0.4) is 0 Å². The zero-order valence-corrected chi connectivity index (χ0v) is 18.2. The molecule has 3 heterocycles. The number of nitrogens with one attached hydrogen (secondary N) is 1. The van der Waals surface area contributed by atoms with Gasteiger partial charge in [0.05, 0.1) is 18.6 Å². The van der Waals surface area contributed by atoms with Crippen molar-refractivity contribution in [1.82, 2.24) is 19.7 Å². The Labute approximate surface area is 184 Å². The molecule has 8 heteroatoms. The maximum atomic E-state index is 12.6. The van der Waals surface area contributed by atoms with Crippen molar-refractivity contribution < 1.29 is 9.21 Å². The summed E-state index contributed by atoms with van der Waals surface area (Å²) in [7, 11) is 0. The third kappa shape index (κ3) is 5.03. The molecule has 0 aliphatic heterocycles. The Bertz CT molecular complexity index is 1140. The number of benzene rings is 1. The molecule has 0 spiro atoms. The smallest absolute Gasteiger partial charge is 0.234 e. The quantitative estimate of drug-likeness (QED) is 0.400. The summed E-state index contributed by atoms with van der Waals surface area (Å²) in [6.45, 7) is 4.66. The SMILES string of the molecule is CC(C)c1ccccc1NC(=O)CSc1nnc(-c2ccccn2)n1Cc1ccco1. The van der Waals surface area contributed by atoms with E-state index in [0.29, 0.717) is 29.1 Å². The number of thioether (sulfide) groups is 1. The zero-order valence-electron chi connectivity index (χ0n) is 17.4. The van der Waals surface area contributed by atoms with Crippen molar-refractivity contribution >= 4 is 23.4 Å². The fourth-order valence-electron chi connectivity index (χ4n) is 3.21. The molecule has 0 atom stereocenters. The van der Waals surface area contributed by atoms with Gasteiger partial charge in [-0.05, 0) is 41.8 Å². The second-order valence-electron chi connectivity index (χ2n) is 7.27. The van der Waals surface area contributed by atoms with Gasteiger partial charge in [-0.15, -0.1) is 10.2 Å². The predicted octanol–water partition coefficient (Wildman–Crippen LogP) is 4.84. The number of pyridine rings is 1. The second-order valence-corrected chi connectivity index (χ2v) is 8.21. The Balaban J connectivity index is 1.52. The minimum Gasteiger partial charge on any atom is -0.467 e. The molecule has 0 saturated carbocycles. The summed E-state index contributed by atoms with van der Waals surface area (Å²) in [5.41, 5.74) is 2.66. The van der Waals surface area contributed by atoms with Crippen molar-refractivity contribution in [3.05, 3.63) is 78.4 Å². The van der Waals surface area contributed by atoms with Gasteiger partial charge in [0.1, 0.15) is 11.5 Å². The molecule has 158 valence electrons. The van der Waals surface area contributed by atoms with Crippen LogP contribution in [0.25, 0.3) is 11.5 Å². The maximum Gasteiger partial charge on any atom is 0.234 e. The van der Waals surface area contributed by atoms with Crippen molar-refractivity contribution in [2.24, 2.45) is 0 Å². The summed E-state index contributed by atoms with van der Waals surface area (Å²) in [5.74, 6) is 1.84. The minimum absolute atomic E-state index is 0.0926. The lowest BCUT2D eigenvalue weighted by Crippen LogP contribution is -2.16. The summed E-state index contributed by atoms with van der Waals surface area (Å²) in [5, 5.41) is 12.3. The first-order valence-corrected chi connectivity index (χ1v) is 11.0. The number of carbonyl (C=O) groups excluding carboxylic acids is 1. The number of amides is 1. The van der Waals surface area contributed by atoms with Crippen LogP contribution in [0.5, 0.6) is 0 Å². The molecule has 0 radical (unpaired) electrons. The number of hydrogen-bond donors (Lipinski definition) is 1. The molecule has 3 aromatic heterocycles. The first-order chi connectivity index (χ1) is 15.1. The molecule has 0 unspecified atom stereocenters. The van der Waals surface area contributed by atoms with E-state index in [9.17, 15) is 4.79 Å². The van der Waals surface area contributed by atoms with Crippen LogP contribution in [-0.2, 0) is 11.3 Å². The number of carbonyl (C=O) groups is 1. The van der Waals surface area contributed by atoms with E-state index in [0.717, 1.165) is 17.0 Å². The molecule has 0 aliphatic rings. The van der Waals surface area contributed by atoms with Crippen LogP contribution in [0.15, 0.2) is 76.6 Å². The second kappa shape index (κ2) is 9.61. The van der Waals surface area contributed by atoms with Crippen LogP contribution in [0.4, 0.5) is 5.69 Å². The molecule has 31 heavy (non-hydrogen) atoms. The van der Waals surface area contributed by atoms with Gasteiger partial charge < -0.3 is 9.73 Å². The van der Waals surface area contributed by atoms with E-state index >= 15 is 0 Å². The summed E-state index contributed by atoms with van der Waals surface area (Å²) in [4.78, 5) is 17.0. The van der Waals surface area contributed by atoms with Crippen LogP contribution in [-0.4, -0.2) is 31.4 Å². The van der Waals surface area contributed by atoms with Crippen molar-refractivity contribution in [3.8, 4) is 11.5 Å². The normalized spacial score (nSPS) is 11.1. The Morgan fingerprint density at radius 3 is 2.68 bits per heavy atom. The predicted molar refractivity (Wildman–Crippen MR) is 121 cm³/mol. The third-order valence-electron chi connectivity index (χ3n) is 4.69. The van der Waals surface area contributed by atoms with Crippen LogP contribution < -0.4 is 5.32 Å². The first-order valence-electron chi connectivity index (χ1n) is 10.0. The molecular weight excluding hydrogens is 410 g/mol. The lowest BCUT2D eigenvalue weighted by Gasteiger charge is -2.13. The third-order valence-corrected chi connectivity index (χ3v) is 5.66. The summed E-state index contributed by atoms with van der Waals surface area (Å²) >= 11 is 1.33. The first kappa shape index (κ1) is 20.9. The molecule has 1 aromatic carbocycles. The molecular formula is C23H23N5O2S. The molecule has 1 amide bonds. The maximum absolute atomic E-state index is 12.6. The average molecular weight is 434 g/mol. The lowest BCUT2D eigenvalue weighted by atomic mass is 10.0. The largest absolute Gasteiger partial charge is 0.467 e. The van der Waals surface area contributed by atoms with Gasteiger partial charge in [-0.25, -0.2) is 0 Å². The van der Waals surface area contributed by atoms with Gasteiger partial charge in [-0.2, -0.15) is 0 Å². The fraction of sp³-hybridized carbons (Fsp3) is 0.217. The number of nitrogens with zero attached hydrogens (tertiary/aromatic N) is 4. The van der Waals surface area contributed by atoms with E-state index in [1.165, 1.54) is 11.8 Å². The van der Waals surface area contributed by atoms with Crippen molar-refractivity contribution in [1.29, 1.82) is 0 Å². The van der Waals surface area contributed by atoms with Crippen molar-refractivity contribution in [2.75, 3.05) is 11.1 Å². The summed E-state index contributed by atoms with van der Waals surface area (Å²) < 4.78 is 7.43.